The molecule has 2 aliphatic rings. The van der Waals surface area contributed by atoms with Gasteiger partial charge in [-0.25, -0.2) is 4.79 Å². The fraction of sp³-hybridized carbons (Fsp3) is 0.769. The quantitative estimate of drug-likeness (QED) is 0.294. The topological polar surface area (TPSA) is 146 Å². The van der Waals surface area contributed by atoms with E-state index in [1.54, 1.807) is 13.8 Å². The predicted molar refractivity (Wildman–Crippen MR) is 127 cm³/mol. The second-order valence-electron chi connectivity index (χ2n) is 10.5. The molecule has 0 amide bonds. The Labute approximate surface area is 212 Å². The second kappa shape index (κ2) is 12.3. The Morgan fingerprint density at radius 3 is 2.44 bits per heavy atom. The third-order valence-electron chi connectivity index (χ3n) is 7.11. The predicted octanol–water partition coefficient (Wildman–Crippen LogP) is 1.74. The van der Waals surface area contributed by atoms with E-state index in [-0.39, 0.29) is 37.4 Å². The lowest BCUT2D eigenvalue weighted by molar-refractivity contribution is -0.195. The van der Waals surface area contributed by atoms with Gasteiger partial charge in [-0.15, -0.1) is 0 Å². The van der Waals surface area contributed by atoms with Gasteiger partial charge < -0.3 is 29.2 Å². The zero-order chi connectivity index (χ0) is 27.4. The third-order valence-corrected chi connectivity index (χ3v) is 7.11. The monoisotopic (exact) mass is 512 g/mol. The Hall–Kier alpha value is -2.30. The zero-order valence-electron chi connectivity index (χ0n) is 22.2. The first-order valence-corrected chi connectivity index (χ1v) is 12.4. The molecule has 1 aliphatic heterocycles. The minimum atomic E-state index is -2.21. The maximum absolute atomic E-state index is 13.2. The fourth-order valence-electron chi connectivity index (χ4n) is 4.78. The number of allylic oxidation sites excluding steroid dienone is 1. The SMILES string of the molecule is C/C=C(/C)C(=O)O[C@@H]1C2OC(=O)[C@@H](COC)C2[C@H](O)[C@H](OC(=O)CC(C)C)[C@H](C)CCC(=O)[C@]1(C)O. The average molecular weight is 513 g/mol. The molecule has 36 heavy (non-hydrogen) atoms. The largest absolute Gasteiger partial charge is 0.459 e. The van der Waals surface area contributed by atoms with E-state index < -0.39 is 71.5 Å². The van der Waals surface area contributed by atoms with Gasteiger partial charge in [-0.1, -0.05) is 26.8 Å². The number of carbonyl (C=O) groups excluding carboxylic acids is 4. The minimum absolute atomic E-state index is 0.0187. The molecule has 0 aromatic heterocycles. The van der Waals surface area contributed by atoms with Crippen LogP contribution in [0.25, 0.3) is 0 Å². The van der Waals surface area contributed by atoms with E-state index >= 15 is 0 Å². The molecule has 1 heterocycles. The molecule has 2 rings (SSSR count). The summed E-state index contributed by atoms with van der Waals surface area (Å²) in [5.41, 5.74) is -1.99. The summed E-state index contributed by atoms with van der Waals surface area (Å²) in [5.74, 6) is -5.27. The molecule has 0 aromatic carbocycles. The van der Waals surface area contributed by atoms with Gasteiger partial charge in [0.1, 0.15) is 12.2 Å². The Kier molecular flexibility index (Phi) is 10.2. The van der Waals surface area contributed by atoms with Gasteiger partial charge in [0.25, 0.3) is 0 Å². The lowest BCUT2D eigenvalue weighted by Gasteiger charge is -2.41. The molecule has 2 fully saturated rings. The summed E-state index contributed by atoms with van der Waals surface area (Å²) in [7, 11) is 1.38. The summed E-state index contributed by atoms with van der Waals surface area (Å²) >= 11 is 0. The smallest absolute Gasteiger partial charge is 0.333 e. The molecule has 1 aliphatic carbocycles. The Bertz CT molecular complexity index is 861. The van der Waals surface area contributed by atoms with Crippen molar-refractivity contribution in [3.63, 3.8) is 0 Å². The maximum atomic E-state index is 13.2. The van der Waals surface area contributed by atoms with E-state index in [9.17, 15) is 29.4 Å². The molecule has 8 atom stereocenters. The fourth-order valence-corrected chi connectivity index (χ4v) is 4.78. The molecule has 0 aromatic rings. The van der Waals surface area contributed by atoms with Crippen LogP contribution in [0.15, 0.2) is 11.6 Å². The van der Waals surface area contributed by atoms with Crippen LogP contribution in [0, 0.1) is 23.7 Å². The number of hydrogen-bond acceptors (Lipinski definition) is 10. The van der Waals surface area contributed by atoms with Crippen molar-refractivity contribution in [2.75, 3.05) is 13.7 Å². The van der Waals surface area contributed by atoms with Crippen molar-refractivity contribution < 1.29 is 48.3 Å². The maximum Gasteiger partial charge on any atom is 0.333 e. The van der Waals surface area contributed by atoms with Crippen molar-refractivity contribution in [1.82, 2.24) is 0 Å². The van der Waals surface area contributed by atoms with Crippen molar-refractivity contribution >= 4 is 23.7 Å². The zero-order valence-corrected chi connectivity index (χ0v) is 22.2. The normalized spacial score (nSPS) is 35.7. The van der Waals surface area contributed by atoms with Gasteiger partial charge in [0.2, 0.25) is 0 Å². The summed E-state index contributed by atoms with van der Waals surface area (Å²) in [6.45, 7) is 9.65. The molecule has 0 spiro atoms. The minimum Gasteiger partial charge on any atom is -0.459 e. The van der Waals surface area contributed by atoms with Crippen LogP contribution in [-0.4, -0.2) is 77.6 Å². The summed E-state index contributed by atoms with van der Waals surface area (Å²) in [5, 5.41) is 22.9. The number of aliphatic hydroxyl groups excluding tert-OH is 1. The van der Waals surface area contributed by atoms with Gasteiger partial charge in [0.05, 0.1) is 18.6 Å². The molecule has 0 radical (unpaired) electrons. The average Bonchev–Trinajstić information content (AvgIpc) is 3.12. The van der Waals surface area contributed by atoms with Crippen LogP contribution in [0.4, 0.5) is 0 Å². The number of Topliss-reactive ketones (excluding diaryl/α,β-unsaturated/α-hetero) is 1. The van der Waals surface area contributed by atoms with Crippen LogP contribution in [0.2, 0.25) is 0 Å². The van der Waals surface area contributed by atoms with Crippen LogP contribution in [0.1, 0.15) is 60.8 Å². The Morgan fingerprint density at radius 2 is 1.89 bits per heavy atom. The second-order valence-corrected chi connectivity index (χ2v) is 10.5. The highest BCUT2D eigenvalue weighted by atomic mass is 16.6. The third kappa shape index (κ3) is 6.52. The van der Waals surface area contributed by atoms with Crippen molar-refractivity contribution in [3.8, 4) is 0 Å². The van der Waals surface area contributed by atoms with E-state index in [1.165, 1.54) is 27.0 Å². The Morgan fingerprint density at radius 1 is 1.25 bits per heavy atom. The van der Waals surface area contributed by atoms with Gasteiger partial charge >= 0.3 is 17.9 Å². The van der Waals surface area contributed by atoms with Gasteiger partial charge in [-0.3, -0.25) is 14.4 Å². The molecule has 1 saturated carbocycles. The highest BCUT2D eigenvalue weighted by molar-refractivity contribution is 5.90. The molecule has 10 nitrogen and oxygen atoms in total. The highest BCUT2D eigenvalue weighted by Crippen LogP contribution is 2.42. The van der Waals surface area contributed by atoms with Crippen molar-refractivity contribution in [3.05, 3.63) is 11.6 Å². The number of methoxy groups -OCH3 is 1. The molecule has 2 unspecified atom stereocenters. The molecule has 204 valence electrons. The van der Waals surface area contributed by atoms with Crippen LogP contribution >= 0.6 is 0 Å². The van der Waals surface area contributed by atoms with E-state index in [0.29, 0.717) is 0 Å². The number of esters is 3. The first kappa shape index (κ1) is 29.9. The molecule has 1 saturated heterocycles. The summed E-state index contributed by atoms with van der Waals surface area (Å²) in [6.07, 6.45) is -3.83. The lowest BCUT2D eigenvalue weighted by atomic mass is 9.73. The molecule has 2 N–H and O–H groups in total. The van der Waals surface area contributed by atoms with Crippen LogP contribution < -0.4 is 0 Å². The molecule has 0 bridgehead atoms. The van der Waals surface area contributed by atoms with Crippen molar-refractivity contribution in [2.24, 2.45) is 23.7 Å². The van der Waals surface area contributed by atoms with E-state index in [0.717, 1.165) is 0 Å². The molecule has 10 heteroatoms. The van der Waals surface area contributed by atoms with Crippen LogP contribution in [0.3, 0.4) is 0 Å². The van der Waals surface area contributed by atoms with Crippen molar-refractivity contribution in [2.45, 2.75) is 90.8 Å². The number of ketones is 1. The van der Waals surface area contributed by atoms with Crippen molar-refractivity contribution in [1.29, 1.82) is 0 Å². The number of fused-ring (bicyclic) bond motifs is 1. The van der Waals surface area contributed by atoms with Gasteiger partial charge in [-0.2, -0.15) is 0 Å². The number of rotatable bonds is 7. The number of aliphatic hydroxyl groups is 2. The first-order chi connectivity index (χ1) is 16.8. The first-order valence-electron chi connectivity index (χ1n) is 12.4. The van der Waals surface area contributed by atoms with Gasteiger partial charge in [-0.05, 0) is 39.0 Å². The highest BCUT2D eigenvalue weighted by Gasteiger charge is 2.60. The number of carbonyl (C=O) groups is 4. The molecular formula is C26H40O10. The number of ether oxygens (including phenoxy) is 4. The van der Waals surface area contributed by atoms with E-state index in [1.807, 2.05) is 13.8 Å². The van der Waals surface area contributed by atoms with Crippen LogP contribution in [-0.2, 0) is 38.1 Å². The summed E-state index contributed by atoms with van der Waals surface area (Å²) in [6, 6.07) is 0. The van der Waals surface area contributed by atoms with Gasteiger partial charge in [0.15, 0.2) is 17.5 Å². The van der Waals surface area contributed by atoms with Gasteiger partial charge in [0, 0.05) is 31.4 Å². The Balaban J connectivity index is 2.61. The molecular weight excluding hydrogens is 472 g/mol. The summed E-state index contributed by atoms with van der Waals surface area (Å²) in [4.78, 5) is 51.4. The van der Waals surface area contributed by atoms with E-state index in [2.05, 4.69) is 0 Å². The standard InChI is InChI=1S/C26H40O10/c1-8-14(4)24(30)36-23-22-19(16(12-33-7)25(31)35-22)20(29)21(34-18(28)11-13(2)3)15(5)9-10-17(27)26(23,6)32/h8,13,15-16,19-23,29,32H,9-12H2,1-7H3/b14-8-/t15-,16+,19?,20+,21-,22?,23-,26+/m1/s1. The van der Waals surface area contributed by atoms with E-state index in [4.69, 9.17) is 18.9 Å². The van der Waals surface area contributed by atoms with Crippen LogP contribution in [0.5, 0.6) is 0 Å². The lowest BCUT2D eigenvalue weighted by Crippen LogP contribution is -2.60. The number of hydrogen-bond donors (Lipinski definition) is 2. The summed E-state index contributed by atoms with van der Waals surface area (Å²) < 4.78 is 22.0.